The Morgan fingerprint density at radius 3 is 2.71 bits per heavy atom. The van der Waals surface area contributed by atoms with Crippen molar-refractivity contribution in [1.29, 1.82) is 0 Å². The Labute approximate surface area is 126 Å². The lowest BCUT2D eigenvalue weighted by molar-refractivity contribution is 0.527. The van der Waals surface area contributed by atoms with E-state index < -0.39 is 15.8 Å². The molecule has 0 saturated heterocycles. The number of benzene rings is 1. The molecule has 0 spiro atoms. The van der Waals surface area contributed by atoms with Gasteiger partial charge in [-0.3, -0.25) is 0 Å². The van der Waals surface area contributed by atoms with Gasteiger partial charge in [-0.15, -0.1) is 0 Å². The third-order valence-corrected chi connectivity index (χ3v) is 5.42. The minimum Gasteiger partial charge on any atom is -0.313 e. The van der Waals surface area contributed by atoms with Gasteiger partial charge in [-0.2, -0.15) is 0 Å². The second kappa shape index (κ2) is 6.85. The summed E-state index contributed by atoms with van der Waals surface area (Å²) in [5.74, 6) is -0.184. The van der Waals surface area contributed by atoms with Gasteiger partial charge in [0, 0.05) is 12.6 Å². The number of rotatable bonds is 6. The highest BCUT2D eigenvalue weighted by Gasteiger charge is 2.28. The van der Waals surface area contributed by atoms with Crippen LogP contribution < -0.4 is 10.0 Å². The number of hydrogen-bond acceptors (Lipinski definition) is 3. The summed E-state index contributed by atoms with van der Waals surface area (Å²) in [5.41, 5.74) is 0.762. The van der Waals surface area contributed by atoms with Gasteiger partial charge in [-0.1, -0.05) is 19.9 Å². The molecule has 21 heavy (non-hydrogen) atoms. The molecule has 0 aromatic heterocycles. The van der Waals surface area contributed by atoms with Crippen LogP contribution in [0.25, 0.3) is 0 Å². The SMILES string of the molecule is CCNCc1ccc(F)c(S(=O)(=O)NC2CCC(C)C2)c1. The van der Waals surface area contributed by atoms with Gasteiger partial charge in [0.05, 0.1) is 0 Å². The lowest BCUT2D eigenvalue weighted by Crippen LogP contribution is -2.33. The molecule has 2 atom stereocenters. The molecule has 1 aliphatic carbocycles. The first-order chi connectivity index (χ1) is 9.92. The maximum atomic E-state index is 13.9. The first-order valence-corrected chi connectivity index (χ1v) is 8.92. The van der Waals surface area contributed by atoms with E-state index in [0.29, 0.717) is 12.5 Å². The van der Waals surface area contributed by atoms with Crippen LogP contribution in [0.4, 0.5) is 4.39 Å². The smallest absolute Gasteiger partial charge is 0.243 e. The van der Waals surface area contributed by atoms with Crippen molar-refractivity contribution in [3.05, 3.63) is 29.6 Å². The third kappa shape index (κ3) is 4.25. The minimum atomic E-state index is -3.80. The average molecular weight is 314 g/mol. The summed E-state index contributed by atoms with van der Waals surface area (Å²) < 4.78 is 41.3. The predicted molar refractivity (Wildman–Crippen MR) is 80.9 cm³/mol. The van der Waals surface area contributed by atoms with Gasteiger partial charge in [0.1, 0.15) is 10.7 Å². The molecular formula is C15H23FN2O2S. The van der Waals surface area contributed by atoms with Crippen LogP contribution >= 0.6 is 0 Å². The minimum absolute atomic E-state index is 0.0816. The van der Waals surface area contributed by atoms with Crippen molar-refractivity contribution in [2.75, 3.05) is 6.54 Å². The fraction of sp³-hybridized carbons (Fsp3) is 0.600. The van der Waals surface area contributed by atoms with E-state index in [9.17, 15) is 12.8 Å². The van der Waals surface area contributed by atoms with Crippen LogP contribution in [0.3, 0.4) is 0 Å². The molecule has 4 nitrogen and oxygen atoms in total. The van der Waals surface area contributed by atoms with Crippen molar-refractivity contribution >= 4 is 10.0 Å². The first-order valence-electron chi connectivity index (χ1n) is 7.44. The molecule has 2 rings (SSSR count). The molecule has 0 aliphatic heterocycles. The molecule has 1 aromatic carbocycles. The van der Waals surface area contributed by atoms with Crippen LogP contribution in [-0.4, -0.2) is 21.0 Å². The molecule has 1 aromatic rings. The monoisotopic (exact) mass is 314 g/mol. The summed E-state index contributed by atoms with van der Waals surface area (Å²) in [4.78, 5) is -0.252. The largest absolute Gasteiger partial charge is 0.313 e. The van der Waals surface area contributed by atoms with Crippen LogP contribution in [0, 0.1) is 11.7 Å². The molecule has 0 heterocycles. The lowest BCUT2D eigenvalue weighted by atomic mass is 10.1. The Kier molecular flexibility index (Phi) is 5.35. The zero-order chi connectivity index (χ0) is 15.5. The van der Waals surface area contributed by atoms with Gasteiger partial charge in [0.25, 0.3) is 0 Å². The van der Waals surface area contributed by atoms with Crippen LogP contribution in [0.1, 0.15) is 38.7 Å². The van der Waals surface area contributed by atoms with Crippen molar-refractivity contribution < 1.29 is 12.8 Å². The van der Waals surface area contributed by atoms with E-state index in [2.05, 4.69) is 17.0 Å². The molecule has 1 fully saturated rings. The van der Waals surface area contributed by atoms with E-state index in [4.69, 9.17) is 0 Å². The van der Waals surface area contributed by atoms with E-state index in [0.717, 1.165) is 31.4 Å². The first kappa shape index (κ1) is 16.4. The Morgan fingerprint density at radius 1 is 1.33 bits per heavy atom. The van der Waals surface area contributed by atoms with Gasteiger partial charge < -0.3 is 5.32 Å². The van der Waals surface area contributed by atoms with E-state index in [-0.39, 0.29) is 10.9 Å². The van der Waals surface area contributed by atoms with E-state index >= 15 is 0 Å². The highest BCUT2D eigenvalue weighted by Crippen LogP contribution is 2.26. The van der Waals surface area contributed by atoms with Gasteiger partial charge in [0.15, 0.2) is 0 Å². The zero-order valence-electron chi connectivity index (χ0n) is 12.5. The van der Waals surface area contributed by atoms with Gasteiger partial charge >= 0.3 is 0 Å². The Bertz CT molecular complexity index is 589. The Balaban J connectivity index is 2.18. The fourth-order valence-corrected chi connectivity index (χ4v) is 4.14. The van der Waals surface area contributed by atoms with Crippen LogP contribution in [0.2, 0.25) is 0 Å². The fourth-order valence-electron chi connectivity index (χ4n) is 2.73. The summed E-state index contributed by atoms with van der Waals surface area (Å²) in [6.45, 7) is 5.37. The van der Waals surface area contributed by atoms with Gasteiger partial charge in [-0.25, -0.2) is 17.5 Å². The van der Waals surface area contributed by atoms with Crippen molar-refractivity contribution in [2.24, 2.45) is 5.92 Å². The van der Waals surface area contributed by atoms with E-state index in [1.165, 1.54) is 12.1 Å². The van der Waals surface area contributed by atoms with Crippen molar-refractivity contribution in [3.8, 4) is 0 Å². The second-order valence-corrected chi connectivity index (χ2v) is 7.46. The van der Waals surface area contributed by atoms with Crippen LogP contribution in [0.15, 0.2) is 23.1 Å². The average Bonchev–Trinajstić information content (AvgIpc) is 2.82. The molecule has 2 N–H and O–H groups in total. The maximum absolute atomic E-state index is 13.9. The van der Waals surface area contributed by atoms with E-state index in [1.54, 1.807) is 6.07 Å². The molecule has 118 valence electrons. The summed E-state index contributed by atoms with van der Waals surface area (Å²) in [6, 6.07) is 4.16. The molecule has 2 unspecified atom stereocenters. The van der Waals surface area contributed by atoms with Crippen molar-refractivity contribution in [2.45, 2.75) is 50.6 Å². The van der Waals surface area contributed by atoms with Gasteiger partial charge in [0.2, 0.25) is 10.0 Å². The molecule has 6 heteroatoms. The Hall–Kier alpha value is -0.980. The molecule has 0 radical (unpaired) electrons. The standard InChI is InChI=1S/C15H23FN2O2S/c1-3-17-10-12-5-7-14(16)15(9-12)21(19,20)18-13-6-4-11(2)8-13/h5,7,9,11,13,17-18H,3-4,6,8,10H2,1-2H3. The predicted octanol–water partition coefficient (Wildman–Crippen LogP) is 2.40. The topological polar surface area (TPSA) is 58.2 Å². The normalized spacial score (nSPS) is 22.6. The van der Waals surface area contributed by atoms with Crippen LogP contribution in [0.5, 0.6) is 0 Å². The summed E-state index contributed by atoms with van der Waals surface area (Å²) in [7, 11) is -3.80. The highest BCUT2D eigenvalue weighted by molar-refractivity contribution is 7.89. The Morgan fingerprint density at radius 2 is 2.10 bits per heavy atom. The number of hydrogen-bond donors (Lipinski definition) is 2. The summed E-state index contributed by atoms with van der Waals surface area (Å²) in [6.07, 6.45) is 2.65. The lowest BCUT2D eigenvalue weighted by Gasteiger charge is -2.14. The number of sulfonamides is 1. The summed E-state index contributed by atoms with van der Waals surface area (Å²) in [5, 5.41) is 3.10. The molecule has 1 saturated carbocycles. The van der Waals surface area contributed by atoms with Crippen LogP contribution in [-0.2, 0) is 16.6 Å². The third-order valence-electron chi connectivity index (χ3n) is 3.88. The molecule has 0 bridgehead atoms. The van der Waals surface area contributed by atoms with Crippen molar-refractivity contribution in [3.63, 3.8) is 0 Å². The number of nitrogens with one attached hydrogen (secondary N) is 2. The molecule has 0 amide bonds. The van der Waals surface area contributed by atoms with Crippen molar-refractivity contribution in [1.82, 2.24) is 10.0 Å². The quantitative estimate of drug-likeness (QED) is 0.848. The molecule has 1 aliphatic rings. The maximum Gasteiger partial charge on any atom is 0.243 e. The highest BCUT2D eigenvalue weighted by atomic mass is 32.2. The summed E-state index contributed by atoms with van der Waals surface area (Å²) >= 11 is 0. The second-order valence-electron chi connectivity index (χ2n) is 5.78. The molecular weight excluding hydrogens is 291 g/mol. The van der Waals surface area contributed by atoms with E-state index in [1.807, 2.05) is 6.92 Å². The zero-order valence-corrected chi connectivity index (χ0v) is 13.3. The number of halogens is 1. The van der Waals surface area contributed by atoms with Gasteiger partial charge in [-0.05, 0) is 49.4 Å².